The molecule has 1 atom stereocenters. The van der Waals surface area contributed by atoms with Gasteiger partial charge in [0.15, 0.2) is 0 Å². The van der Waals surface area contributed by atoms with Gasteiger partial charge in [-0.2, -0.15) is 0 Å². The van der Waals surface area contributed by atoms with Gasteiger partial charge in [-0.25, -0.2) is 0 Å². The van der Waals surface area contributed by atoms with Gasteiger partial charge in [-0.3, -0.25) is 4.90 Å². The summed E-state index contributed by atoms with van der Waals surface area (Å²) < 4.78 is 0. The topological polar surface area (TPSA) is 49.5 Å². The second-order valence-electron chi connectivity index (χ2n) is 4.79. The third kappa shape index (κ3) is 3.44. The number of hydrogen-bond acceptors (Lipinski definition) is 3. The molecule has 3 nitrogen and oxygen atoms in total. The fourth-order valence-electron chi connectivity index (χ4n) is 2.39. The van der Waals surface area contributed by atoms with E-state index in [4.69, 9.17) is 5.73 Å². The van der Waals surface area contributed by atoms with Crippen molar-refractivity contribution in [2.75, 3.05) is 19.6 Å². The lowest BCUT2D eigenvalue weighted by Crippen LogP contribution is -2.51. The molecule has 15 heavy (non-hydrogen) atoms. The number of aliphatic hydroxyl groups is 1. The zero-order valence-electron chi connectivity index (χ0n) is 10.2. The molecule has 0 amide bonds. The van der Waals surface area contributed by atoms with Crippen LogP contribution in [0.4, 0.5) is 0 Å². The molecular formula is C12H26N2O. The van der Waals surface area contributed by atoms with E-state index in [1.807, 2.05) is 0 Å². The van der Waals surface area contributed by atoms with Gasteiger partial charge in [-0.1, -0.05) is 20.3 Å². The highest BCUT2D eigenvalue weighted by Gasteiger charge is 2.30. The number of piperidine rings is 1. The largest absolute Gasteiger partial charge is 0.389 e. The van der Waals surface area contributed by atoms with E-state index in [0.717, 1.165) is 32.5 Å². The fourth-order valence-corrected chi connectivity index (χ4v) is 2.39. The van der Waals surface area contributed by atoms with Crippen LogP contribution >= 0.6 is 0 Å². The molecule has 1 aliphatic heterocycles. The number of nitrogens with two attached hydrogens (primary N) is 1. The Labute approximate surface area is 93.6 Å². The van der Waals surface area contributed by atoms with Crippen LogP contribution in [0.15, 0.2) is 0 Å². The third-order valence-corrected chi connectivity index (χ3v) is 3.83. The van der Waals surface area contributed by atoms with Crippen molar-refractivity contribution in [3.8, 4) is 0 Å². The maximum atomic E-state index is 10.3. The maximum Gasteiger partial charge on any atom is 0.0769 e. The molecule has 3 heteroatoms. The standard InChI is InChI=1S/C12H26N2O/c1-3-12(15,4-2)10-14-8-6-5-7-11(14)9-13/h11,15H,3-10,13H2,1-2H3. The van der Waals surface area contributed by atoms with E-state index < -0.39 is 5.60 Å². The molecule has 3 N–H and O–H groups in total. The predicted octanol–water partition coefficient (Wildman–Crippen LogP) is 1.35. The second-order valence-corrected chi connectivity index (χ2v) is 4.79. The molecule has 0 radical (unpaired) electrons. The first-order chi connectivity index (χ1) is 7.15. The smallest absolute Gasteiger partial charge is 0.0769 e. The monoisotopic (exact) mass is 214 g/mol. The lowest BCUT2D eigenvalue weighted by molar-refractivity contribution is -0.0214. The first-order valence-corrected chi connectivity index (χ1v) is 6.31. The molecule has 0 spiro atoms. The average molecular weight is 214 g/mol. The zero-order chi connectivity index (χ0) is 11.3. The predicted molar refractivity (Wildman–Crippen MR) is 63.8 cm³/mol. The molecule has 1 unspecified atom stereocenters. The summed E-state index contributed by atoms with van der Waals surface area (Å²) in [6.45, 7) is 6.74. The number of likely N-dealkylation sites (tertiary alicyclic amines) is 1. The molecule has 0 aromatic carbocycles. The highest BCUT2D eigenvalue weighted by Crippen LogP contribution is 2.22. The maximum absolute atomic E-state index is 10.3. The Bertz CT molecular complexity index is 180. The fraction of sp³-hybridized carbons (Fsp3) is 1.00. The van der Waals surface area contributed by atoms with Crippen LogP contribution in [0, 0.1) is 0 Å². The third-order valence-electron chi connectivity index (χ3n) is 3.83. The SMILES string of the molecule is CCC(O)(CC)CN1CCCCC1CN. The number of β-amino-alcohol motifs (C(OH)–C–C–N with tert-alkyl or cyclic N) is 1. The van der Waals surface area contributed by atoms with Crippen LogP contribution in [0.1, 0.15) is 46.0 Å². The summed E-state index contributed by atoms with van der Waals surface area (Å²) in [4.78, 5) is 2.39. The van der Waals surface area contributed by atoms with E-state index in [-0.39, 0.29) is 0 Å². The van der Waals surface area contributed by atoms with Crippen LogP contribution in [0.25, 0.3) is 0 Å². The van der Waals surface area contributed by atoms with Gasteiger partial charge >= 0.3 is 0 Å². The molecule has 0 aromatic heterocycles. The molecule has 1 rings (SSSR count). The molecule has 1 heterocycles. The second kappa shape index (κ2) is 5.83. The van der Waals surface area contributed by atoms with Crippen molar-refractivity contribution >= 4 is 0 Å². The molecule has 0 aliphatic carbocycles. The number of rotatable bonds is 5. The van der Waals surface area contributed by atoms with Crippen LogP contribution in [0.3, 0.4) is 0 Å². The molecule has 1 fully saturated rings. The van der Waals surface area contributed by atoms with Gasteiger partial charge in [0, 0.05) is 19.1 Å². The Morgan fingerprint density at radius 1 is 1.33 bits per heavy atom. The molecule has 0 aromatic rings. The highest BCUT2D eigenvalue weighted by atomic mass is 16.3. The van der Waals surface area contributed by atoms with Crippen molar-refractivity contribution in [3.63, 3.8) is 0 Å². The lowest BCUT2D eigenvalue weighted by Gasteiger charge is -2.40. The first-order valence-electron chi connectivity index (χ1n) is 6.31. The van der Waals surface area contributed by atoms with Crippen LogP contribution in [0.2, 0.25) is 0 Å². The van der Waals surface area contributed by atoms with Crippen LogP contribution in [-0.2, 0) is 0 Å². The van der Waals surface area contributed by atoms with Crippen molar-refractivity contribution in [2.24, 2.45) is 5.73 Å². The van der Waals surface area contributed by atoms with E-state index >= 15 is 0 Å². The molecule has 1 saturated heterocycles. The Morgan fingerprint density at radius 3 is 2.53 bits per heavy atom. The quantitative estimate of drug-likeness (QED) is 0.726. The van der Waals surface area contributed by atoms with Crippen LogP contribution in [0.5, 0.6) is 0 Å². The van der Waals surface area contributed by atoms with Gasteiger partial charge in [0.25, 0.3) is 0 Å². The molecule has 1 aliphatic rings. The van der Waals surface area contributed by atoms with Crippen LogP contribution < -0.4 is 5.73 Å². The Kier molecular flexibility index (Phi) is 5.03. The van der Waals surface area contributed by atoms with Crippen molar-refractivity contribution in [1.29, 1.82) is 0 Å². The molecule has 0 bridgehead atoms. The van der Waals surface area contributed by atoms with Gasteiger partial charge in [-0.05, 0) is 32.2 Å². The minimum atomic E-state index is -0.509. The minimum absolute atomic E-state index is 0.489. The summed E-state index contributed by atoms with van der Waals surface area (Å²) in [6.07, 6.45) is 5.39. The zero-order valence-corrected chi connectivity index (χ0v) is 10.2. The number of hydrogen-bond donors (Lipinski definition) is 2. The summed E-state index contributed by atoms with van der Waals surface area (Å²) in [5.41, 5.74) is 5.26. The van der Waals surface area contributed by atoms with Gasteiger partial charge < -0.3 is 10.8 Å². The minimum Gasteiger partial charge on any atom is -0.389 e. The number of nitrogens with zero attached hydrogens (tertiary/aromatic N) is 1. The normalized spacial score (nSPS) is 24.4. The van der Waals surface area contributed by atoms with Crippen LogP contribution in [-0.4, -0.2) is 41.3 Å². The van der Waals surface area contributed by atoms with Gasteiger partial charge in [0.1, 0.15) is 0 Å². The van der Waals surface area contributed by atoms with E-state index in [2.05, 4.69) is 18.7 Å². The van der Waals surface area contributed by atoms with E-state index in [9.17, 15) is 5.11 Å². The van der Waals surface area contributed by atoms with Gasteiger partial charge in [0.05, 0.1) is 5.60 Å². The summed E-state index contributed by atoms with van der Waals surface area (Å²) >= 11 is 0. The Balaban J connectivity index is 2.53. The van der Waals surface area contributed by atoms with Crippen molar-refractivity contribution in [3.05, 3.63) is 0 Å². The summed E-state index contributed by atoms with van der Waals surface area (Å²) in [7, 11) is 0. The average Bonchev–Trinajstić information content (AvgIpc) is 2.29. The first kappa shape index (κ1) is 12.9. The van der Waals surface area contributed by atoms with Gasteiger partial charge in [-0.15, -0.1) is 0 Å². The Hall–Kier alpha value is -0.120. The van der Waals surface area contributed by atoms with Crippen molar-refractivity contribution in [1.82, 2.24) is 4.90 Å². The van der Waals surface area contributed by atoms with Gasteiger partial charge in [0.2, 0.25) is 0 Å². The van der Waals surface area contributed by atoms with E-state index in [1.54, 1.807) is 0 Å². The van der Waals surface area contributed by atoms with Crippen molar-refractivity contribution < 1.29 is 5.11 Å². The summed E-state index contributed by atoms with van der Waals surface area (Å²) in [5.74, 6) is 0. The van der Waals surface area contributed by atoms with Crippen molar-refractivity contribution in [2.45, 2.75) is 57.6 Å². The molecule has 90 valence electrons. The highest BCUT2D eigenvalue weighted by molar-refractivity contribution is 4.85. The molecular weight excluding hydrogens is 188 g/mol. The molecule has 0 saturated carbocycles. The lowest BCUT2D eigenvalue weighted by atomic mass is 9.93. The Morgan fingerprint density at radius 2 is 2.00 bits per heavy atom. The summed E-state index contributed by atoms with van der Waals surface area (Å²) in [5, 5.41) is 10.3. The van der Waals surface area contributed by atoms with E-state index in [0.29, 0.717) is 6.04 Å². The van der Waals surface area contributed by atoms with E-state index in [1.165, 1.54) is 19.3 Å². The summed E-state index contributed by atoms with van der Waals surface area (Å²) in [6, 6.07) is 0.489.